The SMILES string of the molecule is CCC(C)N(CC)S(=O)(=O)c1cnn(CCNC(C)C)c1. The van der Waals surface area contributed by atoms with Crippen LogP contribution in [0.25, 0.3) is 0 Å². The Morgan fingerprint density at radius 2 is 2.00 bits per heavy atom. The van der Waals surface area contributed by atoms with Crippen molar-refractivity contribution in [3.8, 4) is 0 Å². The monoisotopic (exact) mass is 316 g/mol. The molecule has 0 saturated carbocycles. The lowest BCUT2D eigenvalue weighted by molar-refractivity contribution is 0.342. The summed E-state index contributed by atoms with van der Waals surface area (Å²) in [5.74, 6) is 0. The van der Waals surface area contributed by atoms with Crippen molar-refractivity contribution in [1.82, 2.24) is 19.4 Å². The summed E-state index contributed by atoms with van der Waals surface area (Å²) < 4.78 is 28.4. The smallest absolute Gasteiger partial charge is 0.246 e. The van der Waals surface area contributed by atoms with Gasteiger partial charge in [0.1, 0.15) is 4.90 Å². The number of nitrogens with one attached hydrogen (secondary N) is 1. The summed E-state index contributed by atoms with van der Waals surface area (Å²) in [4.78, 5) is 0.272. The largest absolute Gasteiger partial charge is 0.313 e. The third-order valence-electron chi connectivity index (χ3n) is 3.50. The molecule has 1 aromatic rings. The van der Waals surface area contributed by atoms with Gasteiger partial charge in [0.15, 0.2) is 0 Å². The molecule has 6 nitrogen and oxygen atoms in total. The lowest BCUT2D eigenvalue weighted by atomic mass is 10.3. The number of sulfonamides is 1. The second-order valence-electron chi connectivity index (χ2n) is 5.51. The topological polar surface area (TPSA) is 67.2 Å². The Bertz CT molecular complexity index is 525. The molecule has 0 fully saturated rings. The Labute approximate surface area is 128 Å². The molecule has 21 heavy (non-hydrogen) atoms. The molecular formula is C14H28N4O2S. The van der Waals surface area contributed by atoms with Gasteiger partial charge in [-0.1, -0.05) is 27.7 Å². The second kappa shape index (κ2) is 7.91. The number of nitrogens with zero attached hydrogens (tertiary/aromatic N) is 3. The highest BCUT2D eigenvalue weighted by molar-refractivity contribution is 7.89. The van der Waals surface area contributed by atoms with Gasteiger partial charge in [-0.25, -0.2) is 8.42 Å². The molecule has 1 unspecified atom stereocenters. The summed E-state index contributed by atoms with van der Waals surface area (Å²) in [7, 11) is -3.45. The molecule has 1 rings (SSSR count). The summed E-state index contributed by atoms with van der Waals surface area (Å²) in [5.41, 5.74) is 0. The van der Waals surface area contributed by atoms with Gasteiger partial charge in [-0.3, -0.25) is 4.68 Å². The predicted octanol–water partition coefficient (Wildman–Crippen LogP) is 1.69. The molecule has 0 aliphatic heterocycles. The van der Waals surface area contributed by atoms with E-state index in [2.05, 4.69) is 24.3 Å². The van der Waals surface area contributed by atoms with Crippen LogP contribution in [0.15, 0.2) is 17.3 Å². The Hall–Kier alpha value is -0.920. The van der Waals surface area contributed by atoms with Crippen LogP contribution in [0, 0.1) is 0 Å². The Balaban J connectivity index is 2.82. The molecule has 0 saturated heterocycles. The first-order valence-corrected chi connectivity index (χ1v) is 9.04. The molecule has 7 heteroatoms. The lowest BCUT2D eigenvalue weighted by Gasteiger charge is -2.25. The van der Waals surface area contributed by atoms with Gasteiger partial charge in [0.25, 0.3) is 0 Å². The van der Waals surface area contributed by atoms with Crippen LogP contribution in [-0.4, -0.2) is 47.7 Å². The van der Waals surface area contributed by atoms with Crippen LogP contribution < -0.4 is 5.32 Å². The van der Waals surface area contributed by atoms with Gasteiger partial charge >= 0.3 is 0 Å². The van der Waals surface area contributed by atoms with E-state index < -0.39 is 10.0 Å². The van der Waals surface area contributed by atoms with E-state index in [9.17, 15) is 8.42 Å². The van der Waals surface area contributed by atoms with Crippen LogP contribution >= 0.6 is 0 Å². The summed E-state index contributed by atoms with van der Waals surface area (Å²) in [6, 6.07) is 0.399. The minimum Gasteiger partial charge on any atom is -0.313 e. The van der Waals surface area contributed by atoms with Gasteiger partial charge in [-0.15, -0.1) is 0 Å². The van der Waals surface area contributed by atoms with E-state index >= 15 is 0 Å². The molecule has 0 spiro atoms. The van der Waals surface area contributed by atoms with Crippen LogP contribution in [0.3, 0.4) is 0 Å². The Morgan fingerprint density at radius 1 is 1.33 bits per heavy atom. The minimum absolute atomic E-state index is 0.00837. The third kappa shape index (κ3) is 4.79. The van der Waals surface area contributed by atoms with E-state index in [-0.39, 0.29) is 10.9 Å². The molecule has 0 radical (unpaired) electrons. The summed E-state index contributed by atoms with van der Waals surface area (Å²) in [6.45, 7) is 11.8. The molecule has 1 aromatic heterocycles. The zero-order valence-corrected chi connectivity index (χ0v) is 14.5. The summed E-state index contributed by atoms with van der Waals surface area (Å²) in [5, 5.41) is 7.43. The van der Waals surface area contributed by atoms with E-state index in [0.29, 0.717) is 19.1 Å². The lowest BCUT2D eigenvalue weighted by Crippen LogP contribution is -2.37. The maximum atomic E-state index is 12.6. The van der Waals surface area contributed by atoms with Crippen molar-refractivity contribution in [1.29, 1.82) is 0 Å². The second-order valence-corrected chi connectivity index (χ2v) is 7.40. The average molecular weight is 316 g/mol. The van der Waals surface area contributed by atoms with Crippen LogP contribution in [0.2, 0.25) is 0 Å². The van der Waals surface area contributed by atoms with Crippen molar-refractivity contribution in [3.63, 3.8) is 0 Å². The van der Waals surface area contributed by atoms with E-state index in [1.165, 1.54) is 10.5 Å². The fourth-order valence-electron chi connectivity index (χ4n) is 2.13. The number of hydrogen-bond acceptors (Lipinski definition) is 4. The highest BCUT2D eigenvalue weighted by atomic mass is 32.2. The zero-order chi connectivity index (χ0) is 16.0. The zero-order valence-electron chi connectivity index (χ0n) is 13.7. The molecule has 1 N–H and O–H groups in total. The molecule has 1 atom stereocenters. The molecule has 0 aliphatic rings. The highest BCUT2D eigenvalue weighted by Crippen LogP contribution is 2.18. The van der Waals surface area contributed by atoms with Crippen molar-refractivity contribution in [2.75, 3.05) is 13.1 Å². The Morgan fingerprint density at radius 3 is 2.52 bits per heavy atom. The minimum atomic E-state index is -3.45. The molecule has 0 aliphatic carbocycles. The van der Waals surface area contributed by atoms with Crippen molar-refractivity contribution in [2.45, 2.75) is 64.6 Å². The van der Waals surface area contributed by atoms with Gasteiger partial charge in [0.2, 0.25) is 10.0 Å². The fourth-order valence-corrected chi connectivity index (χ4v) is 3.79. The van der Waals surface area contributed by atoms with Crippen LogP contribution in [0.1, 0.15) is 41.0 Å². The van der Waals surface area contributed by atoms with E-state index in [0.717, 1.165) is 13.0 Å². The van der Waals surface area contributed by atoms with E-state index in [1.807, 2.05) is 20.8 Å². The van der Waals surface area contributed by atoms with Gasteiger partial charge in [0.05, 0.1) is 12.7 Å². The molecule has 0 bridgehead atoms. The molecule has 1 heterocycles. The average Bonchev–Trinajstić information content (AvgIpc) is 2.88. The van der Waals surface area contributed by atoms with E-state index in [4.69, 9.17) is 0 Å². The summed E-state index contributed by atoms with van der Waals surface area (Å²) in [6.07, 6.45) is 3.84. The van der Waals surface area contributed by atoms with Crippen molar-refractivity contribution in [3.05, 3.63) is 12.4 Å². The highest BCUT2D eigenvalue weighted by Gasteiger charge is 2.27. The maximum Gasteiger partial charge on any atom is 0.246 e. The first kappa shape index (κ1) is 18.1. The maximum absolute atomic E-state index is 12.6. The van der Waals surface area contributed by atoms with Crippen molar-refractivity contribution >= 4 is 10.0 Å². The summed E-state index contributed by atoms with van der Waals surface area (Å²) >= 11 is 0. The number of hydrogen-bond donors (Lipinski definition) is 1. The van der Waals surface area contributed by atoms with Gasteiger partial charge in [-0.05, 0) is 13.3 Å². The molecule has 122 valence electrons. The third-order valence-corrected chi connectivity index (χ3v) is 5.55. The molecule has 0 aromatic carbocycles. The normalized spacial score (nSPS) is 14.0. The van der Waals surface area contributed by atoms with Crippen LogP contribution in [-0.2, 0) is 16.6 Å². The van der Waals surface area contributed by atoms with Gasteiger partial charge in [-0.2, -0.15) is 9.40 Å². The van der Waals surface area contributed by atoms with Crippen LogP contribution in [0.4, 0.5) is 0 Å². The van der Waals surface area contributed by atoms with Gasteiger partial charge < -0.3 is 5.32 Å². The standard InChI is InChI=1S/C14H28N4O2S/c1-6-13(5)18(7-2)21(19,20)14-10-16-17(11-14)9-8-15-12(3)4/h10-13,15H,6-9H2,1-5H3. The first-order chi connectivity index (χ1) is 9.82. The number of rotatable bonds is 9. The Kier molecular flexibility index (Phi) is 6.83. The molecular weight excluding hydrogens is 288 g/mol. The predicted molar refractivity (Wildman–Crippen MR) is 84.7 cm³/mol. The number of aromatic nitrogens is 2. The van der Waals surface area contributed by atoms with Crippen molar-refractivity contribution in [2.24, 2.45) is 0 Å². The quantitative estimate of drug-likeness (QED) is 0.753. The van der Waals surface area contributed by atoms with Crippen LogP contribution in [0.5, 0.6) is 0 Å². The molecule has 0 amide bonds. The first-order valence-electron chi connectivity index (χ1n) is 7.60. The fraction of sp³-hybridized carbons (Fsp3) is 0.786. The van der Waals surface area contributed by atoms with E-state index in [1.54, 1.807) is 10.9 Å². The van der Waals surface area contributed by atoms with Crippen molar-refractivity contribution < 1.29 is 8.42 Å². The van der Waals surface area contributed by atoms with Gasteiger partial charge in [0, 0.05) is 31.4 Å².